The van der Waals surface area contributed by atoms with Crippen molar-refractivity contribution < 1.29 is 19.4 Å². The van der Waals surface area contributed by atoms with Crippen LogP contribution >= 0.6 is 10.2 Å². The third-order valence-corrected chi connectivity index (χ3v) is 2.55. The molecule has 0 aromatic heterocycles. The van der Waals surface area contributed by atoms with Crippen LogP contribution in [-0.2, 0) is 0 Å². The van der Waals surface area contributed by atoms with E-state index in [2.05, 4.69) is 18.7 Å². The Morgan fingerprint density at radius 1 is 1.00 bits per heavy atom. The minimum absolute atomic E-state index is 0.986. The fraction of sp³-hybridized carbons (Fsp3) is 0.500. The molecular formula is C12H17F5S. The molecule has 2 aliphatic rings. The first-order valence-electron chi connectivity index (χ1n) is 5.62. The van der Waals surface area contributed by atoms with Crippen LogP contribution in [0.15, 0.2) is 35.5 Å². The average molecular weight is 288 g/mol. The molecule has 0 heterocycles. The van der Waals surface area contributed by atoms with Crippen LogP contribution in [0.5, 0.6) is 0 Å². The van der Waals surface area contributed by atoms with Gasteiger partial charge in [0.1, 0.15) is 0 Å². The van der Waals surface area contributed by atoms with Gasteiger partial charge in [-0.3, -0.25) is 0 Å². The zero-order valence-electron chi connectivity index (χ0n) is 10.2. The third-order valence-electron chi connectivity index (χ3n) is 2.55. The van der Waals surface area contributed by atoms with Gasteiger partial charge in [-0.15, -0.1) is 0 Å². The van der Waals surface area contributed by atoms with Gasteiger partial charge in [-0.1, -0.05) is 43.7 Å². The van der Waals surface area contributed by atoms with Gasteiger partial charge >= 0.3 is 0 Å². The molecule has 2 aliphatic carbocycles. The molecule has 0 nitrogen and oxygen atoms in total. The standard InChI is InChI=1S/C11H14.CH3F5S/c1-9-6-7-10-4-2-3-5-11(10)8-9;1-7(2,3,4,5)6/h4,8H,1-3,5-7H2;1H3. The van der Waals surface area contributed by atoms with E-state index in [9.17, 15) is 19.4 Å². The van der Waals surface area contributed by atoms with Crippen LogP contribution in [0.3, 0.4) is 0 Å². The Labute approximate surface area is 104 Å². The Morgan fingerprint density at radius 2 is 1.56 bits per heavy atom. The third kappa shape index (κ3) is 8.33. The first kappa shape index (κ1) is 15.3. The molecule has 0 saturated carbocycles. The molecule has 0 unspecified atom stereocenters. The summed E-state index contributed by atoms with van der Waals surface area (Å²) in [6.07, 6.45) is 10.0. The maximum absolute atomic E-state index is 10.5. The molecule has 0 radical (unpaired) electrons. The van der Waals surface area contributed by atoms with Gasteiger partial charge in [-0.25, -0.2) is 0 Å². The topological polar surface area (TPSA) is 0 Å². The van der Waals surface area contributed by atoms with Gasteiger partial charge in [0.15, 0.2) is 0 Å². The van der Waals surface area contributed by atoms with E-state index in [1.807, 2.05) is 0 Å². The lowest BCUT2D eigenvalue weighted by molar-refractivity contribution is 0.377. The number of halogens is 5. The van der Waals surface area contributed by atoms with Crippen LogP contribution in [0.2, 0.25) is 0 Å². The normalized spacial score (nSPS) is 23.6. The zero-order valence-corrected chi connectivity index (χ0v) is 11.0. The minimum atomic E-state index is -8.97. The lowest BCUT2D eigenvalue weighted by Gasteiger charge is -2.35. The quantitative estimate of drug-likeness (QED) is 0.460. The number of hydrogen-bond donors (Lipinski definition) is 0. The van der Waals surface area contributed by atoms with Crippen LogP contribution in [0.4, 0.5) is 19.4 Å². The number of rotatable bonds is 0. The molecule has 0 fully saturated rings. The maximum Gasteiger partial charge on any atom is 0.283 e. The highest BCUT2D eigenvalue weighted by Gasteiger charge is 2.57. The Hall–Kier alpha value is -0.780. The molecule has 0 saturated heterocycles. The fourth-order valence-corrected chi connectivity index (χ4v) is 1.90. The van der Waals surface area contributed by atoms with Crippen LogP contribution in [-0.4, -0.2) is 6.26 Å². The molecule has 0 aromatic carbocycles. The number of allylic oxidation sites excluding steroid dienone is 5. The lowest BCUT2D eigenvalue weighted by Crippen LogP contribution is -2.02. The van der Waals surface area contributed by atoms with E-state index in [0.29, 0.717) is 0 Å². The SMILES string of the molecule is C=C1C=C2CCCC=C2CC1.CS(F)(F)(F)(F)F. The number of hydrogen-bond acceptors (Lipinski definition) is 0. The number of fused-ring (bicyclic) bond motifs is 1. The van der Waals surface area contributed by atoms with Gasteiger partial charge in [0.2, 0.25) is 0 Å². The van der Waals surface area contributed by atoms with Crippen LogP contribution in [0.1, 0.15) is 32.1 Å². The van der Waals surface area contributed by atoms with E-state index in [0.717, 1.165) is 0 Å². The average Bonchev–Trinajstić information content (AvgIpc) is 2.12. The summed E-state index contributed by atoms with van der Waals surface area (Å²) in [5.74, 6) is 0. The second kappa shape index (κ2) is 4.11. The Kier molecular flexibility index (Phi) is 3.49. The minimum Gasteiger partial charge on any atom is -0.0981 e. The first-order valence-corrected chi connectivity index (χ1v) is 7.98. The Balaban J connectivity index is 0.000000203. The van der Waals surface area contributed by atoms with Crippen LogP contribution in [0.25, 0.3) is 0 Å². The smallest absolute Gasteiger partial charge is 0.0981 e. The predicted octanol–water partition coefficient (Wildman–Crippen LogP) is 6.29. The highest BCUT2D eigenvalue weighted by molar-refractivity contribution is 8.45. The highest BCUT2D eigenvalue weighted by atomic mass is 32.5. The Morgan fingerprint density at radius 3 is 2.11 bits per heavy atom. The summed E-state index contributed by atoms with van der Waals surface area (Å²) in [6.45, 7) is 4.00. The molecule has 0 atom stereocenters. The highest BCUT2D eigenvalue weighted by Crippen LogP contribution is 2.95. The Bertz CT molecular complexity index is 399. The molecule has 0 amide bonds. The summed E-state index contributed by atoms with van der Waals surface area (Å²) in [7, 11) is -8.97. The molecule has 6 heteroatoms. The van der Waals surface area contributed by atoms with Crippen LogP contribution in [0, 0.1) is 0 Å². The molecule has 18 heavy (non-hydrogen) atoms. The van der Waals surface area contributed by atoms with E-state index in [1.54, 1.807) is 11.1 Å². The second-order valence-corrected chi connectivity index (χ2v) is 7.51. The first-order chi connectivity index (χ1) is 7.81. The van der Waals surface area contributed by atoms with Crippen LogP contribution < -0.4 is 0 Å². The van der Waals surface area contributed by atoms with Crippen molar-refractivity contribution in [3.63, 3.8) is 0 Å². The van der Waals surface area contributed by atoms with E-state index < -0.39 is 16.5 Å². The fourth-order valence-electron chi connectivity index (χ4n) is 1.90. The van der Waals surface area contributed by atoms with Crippen molar-refractivity contribution in [2.75, 3.05) is 6.26 Å². The summed E-state index contributed by atoms with van der Waals surface area (Å²) >= 11 is 0. The summed E-state index contributed by atoms with van der Waals surface area (Å²) in [5, 5.41) is 0. The van der Waals surface area contributed by atoms with Crippen molar-refractivity contribution in [2.24, 2.45) is 0 Å². The molecule has 2 rings (SSSR count). The second-order valence-electron chi connectivity index (χ2n) is 4.80. The summed E-state index contributed by atoms with van der Waals surface area (Å²) in [5.41, 5.74) is 4.48. The predicted molar refractivity (Wildman–Crippen MR) is 67.4 cm³/mol. The monoisotopic (exact) mass is 288 g/mol. The van der Waals surface area contributed by atoms with E-state index >= 15 is 0 Å². The van der Waals surface area contributed by atoms with Gasteiger partial charge in [-0.05, 0) is 43.3 Å². The van der Waals surface area contributed by atoms with Crippen molar-refractivity contribution >= 4 is 10.2 Å². The molecule has 0 N–H and O–H groups in total. The van der Waals surface area contributed by atoms with E-state index in [4.69, 9.17) is 0 Å². The van der Waals surface area contributed by atoms with E-state index in [1.165, 1.54) is 37.7 Å². The van der Waals surface area contributed by atoms with Crippen molar-refractivity contribution in [3.8, 4) is 0 Å². The molecule has 0 bridgehead atoms. The lowest BCUT2D eigenvalue weighted by atomic mass is 9.84. The van der Waals surface area contributed by atoms with Gasteiger partial charge in [0, 0.05) is 0 Å². The van der Waals surface area contributed by atoms with Crippen molar-refractivity contribution in [1.82, 2.24) is 0 Å². The van der Waals surface area contributed by atoms with Gasteiger partial charge in [-0.2, -0.15) is 0 Å². The molecule has 0 aliphatic heterocycles. The summed E-state index contributed by atoms with van der Waals surface area (Å²) in [4.78, 5) is 0. The molecule has 106 valence electrons. The zero-order chi connectivity index (χ0) is 14.1. The van der Waals surface area contributed by atoms with Gasteiger partial charge in [0.05, 0.1) is 6.26 Å². The summed E-state index contributed by atoms with van der Waals surface area (Å²) in [6, 6.07) is 0. The maximum atomic E-state index is 10.5. The van der Waals surface area contributed by atoms with Crippen molar-refractivity contribution in [1.29, 1.82) is 0 Å². The van der Waals surface area contributed by atoms with Gasteiger partial charge < -0.3 is 0 Å². The molecule has 0 aromatic rings. The molecular weight excluding hydrogens is 271 g/mol. The van der Waals surface area contributed by atoms with Crippen molar-refractivity contribution in [3.05, 3.63) is 35.5 Å². The van der Waals surface area contributed by atoms with Gasteiger partial charge in [0.25, 0.3) is 10.2 Å². The largest absolute Gasteiger partial charge is 0.283 e. The van der Waals surface area contributed by atoms with E-state index in [-0.39, 0.29) is 0 Å². The molecule has 0 spiro atoms. The summed E-state index contributed by atoms with van der Waals surface area (Å²) < 4.78 is 52.6. The van der Waals surface area contributed by atoms with Crippen molar-refractivity contribution in [2.45, 2.75) is 32.1 Å².